The van der Waals surface area contributed by atoms with Gasteiger partial charge in [0.2, 0.25) is 0 Å². The second-order valence-electron chi connectivity index (χ2n) is 4.06. The van der Waals surface area contributed by atoms with Crippen molar-refractivity contribution in [1.29, 1.82) is 0 Å². The number of benzene rings is 1. The van der Waals surface area contributed by atoms with Gasteiger partial charge in [0, 0.05) is 11.6 Å². The molecule has 0 N–H and O–H groups in total. The summed E-state index contributed by atoms with van der Waals surface area (Å²) < 4.78 is 0. The zero-order valence-corrected chi connectivity index (χ0v) is 8.61. The zero-order chi connectivity index (χ0) is 10.7. The molecule has 79 valence electrons. The Kier molecular flexibility index (Phi) is 2.99. The highest BCUT2D eigenvalue weighted by Crippen LogP contribution is 2.36. The van der Waals surface area contributed by atoms with Crippen molar-refractivity contribution in [1.82, 2.24) is 0 Å². The molecule has 0 unspecified atom stereocenters. The van der Waals surface area contributed by atoms with Gasteiger partial charge in [-0.25, -0.2) is 0 Å². The lowest BCUT2D eigenvalue weighted by atomic mass is 9.83. The standard InChI is InChI=1S/C12H14NO2/c14-13(15)12-9-5-4-8-11(12)10-6-2-1-3-7-10/h4-5,9-10H,1-3,6-7H2. The van der Waals surface area contributed by atoms with Crippen molar-refractivity contribution in [3.8, 4) is 0 Å². The van der Waals surface area contributed by atoms with E-state index in [1.54, 1.807) is 18.2 Å². The van der Waals surface area contributed by atoms with Crippen LogP contribution in [0.15, 0.2) is 18.2 Å². The van der Waals surface area contributed by atoms with E-state index >= 15 is 0 Å². The summed E-state index contributed by atoms with van der Waals surface area (Å²) >= 11 is 0. The minimum Gasteiger partial charge on any atom is -0.258 e. The molecule has 3 nitrogen and oxygen atoms in total. The molecule has 0 saturated heterocycles. The van der Waals surface area contributed by atoms with E-state index in [4.69, 9.17) is 0 Å². The van der Waals surface area contributed by atoms with Gasteiger partial charge in [0.1, 0.15) is 0 Å². The van der Waals surface area contributed by atoms with Gasteiger partial charge in [-0.05, 0) is 24.8 Å². The first-order valence-corrected chi connectivity index (χ1v) is 5.44. The van der Waals surface area contributed by atoms with Crippen molar-refractivity contribution in [3.63, 3.8) is 0 Å². The molecule has 1 aliphatic carbocycles. The number of rotatable bonds is 2. The highest BCUT2D eigenvalue weighted by Gasteiger charge is 2.23. The van der Waals surface area contributed by atoms with Gasteiger partial charge in [-0.15, -0.1) is 0 Å². The molecule has 0 aliphatic heterocycles. The van der Waals surface area contributed by atoms with Crippen LogP contribution in [0, 0.1) is 16.2 Å². The summed E-state index contributed by atoms with van der Waals surface area (Å²) in [7, 11) is 0. The van der Waals surface area contributed by atoms with Crippen molar-refractivity contribution in [2.45, 2.75) is 38.0 Å². The second-order valence-corrected chi connectivity index (χ2v) is 4.06. The van der Waals surface area contributed by atoms with Gasteiger partial charge in [-0.1, -0.05) is 31.4 Å². The molecular weight excluding hydrogens is 190 g/mol. The van der Waals surface area contributed by atoms with E-state index in [9.17, 15) is 10.1 Å². The van der Waals surface area contributed by atoms with Crippen LogP contribution in [-0.4, -0.2) is 4.92 Å². The van der Waals surface area contributed by atoms with Crippen LogP contribution in [0.5, 0.6) is 0 Å². The minimum atomic E-state index is -0.291. The Bertz CT molecular complexity index is 356. The first kappa shape index (κ1) is 10.1. The van der Waals surface area contributed by atoms with Crippen molar-refractivity contribution < 1.29 is 4.92 Å². The van der Waals surface area contributed by atoms with Crippen LogP contribution in [-0.2, 0) is 0 Å². The summed E-state index contributed by atoms with van der Waals surface area (Å²) in [6, 6.07) is 8.09. The van der Waals surface area contributed by atoms with Crippen LogP contribution in [0.2, 0.25) is 0 Å². The predicted octanol–water partition coefficient (Wildman–Crippen LogP) is 3.44. The highest BCUT2D eigenvalue weighted by molar-refractivity contribution is 5.41. The number of nitro benzene ring substituents is 1. The van der Waals surface area contributed by atoms with Crippen LogP contribution in [0.1, 0.15) is 43.6 Å². The van der Waals surface area contributed by atoms with Gasteiger partial charge in [0.15, 0.2) is 0 Å². The summed E-state index contributed by atoms with van der Waals surface area (Å²) in [5.41, 5.74) is 1.05. The monoisotopic (exact) mass is 204 g/mol. The Morgan fingerprint density at radius 1 is 1.33 bits per heavy atom. The molecule has 0 amide bonds. The third-order valence-corrected chi connectivity index (χ3v) is 3.08. The molecule has 15 heavy (non-hydrogen) atoms. The third kappa shape index (κ3) is 2.17. The maximum Gasteiger partial charge on any atom is 0.273 e. The maximum absolute atomic E-state index is 10.8. The topological polar surface area (TPSA) is 43.1 Å². The molecule has 0 aromatic heterocycles. The lowest BCUT2D eigenvalue weighted by Crippen LogP contribution is -2.07. The molecule has 1 aliphatic rings. The molecule has 1 radical (unpaired) electrons. The first-order valence-electron chi connectivity index (χ1n) is 5.44. The van der Waals surface area contributed by atoms with E-state index in [-0.39, 0.29) is 10.6 Å². The predicted molar refractivity (Wildman–Crippen MR) is 57.8 cm³/mol. The van der Waals surface area contributed by atoms with E-state index in [1.165, 1.54) is 19.3 Å². The van der Waals surface area contributed by atoms with Crippen LogP contribution in [0.4, 0.5) is 5.69 Å². The Morgan fingerprint density at radius 3 is 2.73 bits per heavy atom. The van der Waals surface area contributed by atoms with Crippen LogP contribution < -0.4 is 0 Å². The quantitative estimate of drug-likeness (QED) is 0.547. The van der Waals surface area contributed by atoms with E-state index in [2.05, 4.69) is 6.07 Å². The van der Waals surface area contributed by atoms with Crippen LogP contribution in [0.25, 0.3) is 0 Å². The molecule has 0 atom stereocenters. The lowest BCUT2D eigenvalue weighted by Gasteiger charge is -2.21. The smallest absolute Gasteiger partial charge is 0.258 e. The fourth-order valence-electron chi connectivity index (χ4n) is 2.32. The molecule has 2 rings (SSSR count). The maximum atomic E-state index is 10.8. The molecule has 3 heteroatoms. The summed E-state index contributed by atoms with van der Waals surface area (Å²) in [6.07, 6.45) is 5.77. The Hall–Kier alpha value is -1.38. The fraction of sp³-hybridized carbons (Fsp3) is 0.500. The van der Waals surface area contributed by atoms with E-state index in [1.807, 2.05) is 0 Å². The molecule has 1 fully saturated rings. The number of nitrogens with zero attached hydrogens (tertiary/aromatic N) is 1. The number of hydrogen-bond acceptors (Lipinski definition) is 2. The Balaban J connectivity index is 2.29. The number of hydrogen-bond donors (Lipinski definition) is 0. The number of nitro groups is 1. The normalized spacial score (nSPS) is 17.6. The molecule has 1 aromatic rings. The van der Waals surface area contributed by atoms with Gasteiger partial charge in [0.05, 0.1) is 4.92 Å². The summed E-state index contributed by atoms with van der Waals surface area (Å²) in [4.78, 5) is 10.6. The van der Waals surface area contributed by atoms with Crippen molar-refractivity contribution in [2.24, 2.45) is 0 Å². The highest BCUT2D eigenvalue weighted by atomic mass is 16.6. The zero-order valence-electron chi connectivity index (χ0n) is 8.61. The molecule has 0 heterocycles. The van der Waals surface area contributed by atoms with Crippen LogP contribution in [0.3, 0.4) is 0 Å². The molecule has 1 aromatic carbocycles. The SMILES string of the molecule is O=[N+]([O-])c1ccc[c]c1C1CCCCC1. The van der Waals surface area contributed by atoms with Gasteiger partial charge >= 0.3 is 0 Å². The van der Waals surface area contributed by atoms with Gasteiger partial charge < -0.3 is 0 Å². The average Bonchev–Trinajstić information content (AvgIpc) is 2.30. The van der Waals surface area contributed by atoms with E-state index in [0.29, 0.717) is 5.92 Å². The van der Waals surface area contributed by atoms with Gasteiger partial charge in [-0.3, -0.25) is 10.1 Å². The molecule has 0 spiro atoms. The van der Waals surface area contributed by atoms with Gasteiger partial charge in [0.25, 0.3) is 5.69 Å². The summed E-state index contributed by atoms with van der Waals surface area (Å²) in [5.74, 6) is 0.348. The van der Waals surface area contributed by atoms with Crippen LogP contribution >= 0.6 is 0 Å². The molecule has 1 saturated carbocycles. The lowest BCUT2D eigenvalue weighted by molar-refractivity contribution is -0.385. The summed E-state index contributed by atoms with van der Waals surface area (Å²) in [6.45, 7) is 0. The van der Waals surface area contributed by atoms with Crippen molar-refractivity contribution >= 4 is 5.69 Å². The Morgan fingerprint density at radius 2 is 2.07 bits per heavy atom. The Labute approximate surface area is 89.3 Å². The third-order valence-electron chi connectivity index (χ3n) is 3.08. The average molecular weight is 204 g/mol. The minimum absolute atomic E-state index is 0.240. The van der Waals surface area contributed by atoms with E-state index < -0.39 is 0 Å². The molecule has 0 bridgehead atoms. The largest absolute Gasteiger partial charge is 0.273 e. The first-order chi connectivity index (χ1) is 7.29. The second kappa shape index (κ2) is 4.43. The van der Waals surface area contributed by atoms with Crippen molar-refractivity contribution in [2.75, 3.05) is 0 Å². The van der Waals surface area contributed by atoms with E-state index in [0.717, 1.165) is 18.4 Å². The van der Waals surface area contributed by atoms with Crippen molar-refractivity contribution in [3.05, 3.63) is 39.9 Å². The summed E-state index contributed by atoms with van der Waals surface area (Å²) in [5, 5.41) is 10.8. The molecular formula is C12H14NO2. The van der Waals surface area contributed by atoms with Gasteiger partial charge in [-0.2, -0.15) is 0 Å². The fourth-order valence-corrected chi connectivity index (χ4v) is 2.32.